The maximum atomic E-state index is 5.22. The Morgan fingerprint density at radius 1 is 1.00 bits per heavy atom. The number of nitrogens with one attached hydrogen (secondary N) is 1. The molecular weight excluding hydrogens is 238 g/mol. The first-order chi connectivity index (χ1) is 9.15. The molecule has 0 aliphatic carbocycles. The Labute approximate surface area is 120 Å². The molecule has 0 aliphatic heterocycles. The van der Waals surface area contributed by atoms with Gasteiger partial charge in [0.15, 0.2) is 0 Å². The van der Waals surface area contributed by atoms with Crippen LogP contribution in [0.1, 0.15) is 33.1 Å². The quantitative estimate of drug-likeness (QED) is 0.517. The zero-order valence-corrected chi connectivity index (χ0v) is 13.7. The molecule has 0 aliphatic rings. The molecule has 0 heterocycles. The first-order valence-corrected chi connectivity index (χ1v) is 7.74. The summed E-state index contributed by atoms with van der Waals surface area (Å²) in [6.45, 7) is 10.9. The van der Waals surface area contributed by atoms with E-state index in [0.29, 0.717) is 6.04 Å². The monoisotopic (exact) mass is 273 g/mol. The van der Waals surface area contributed by atoms with Crippen molar-refractivity contribution >= 4 is 0 Å². The molecule has 0 rings (SSSR count). The van der Waals surface area contributed by atoms with E-state index in [9.17, 15) is 0 Å². The average Bonchev–Trinajstić information content (AvgIpc) is 2.39. The summed E-state index contributed by atoms with van der Waals surface area (Å²) in [7, 11) is 6.03. The summed E-state index contributed by atoms with van der Waals surface area (Å²) in [5.41, 5.74) is 0. The van der Waals surface area contributed by atoms with E-state index in [1.54, 1.807) is 7.11 Å². The minimum atomic E-state index is 0.693. The molecule has 19 heavy (non-hydrogen) atoms. The molecule has 4 nitrogen and oxygen atoms in total. The summed E-state index contributed by atoms with van der Waals surface area (Å²) in [6, 6.07) is 0.693. The lowest BCUT2D eigenvalue weighted by molar-refractivity contribution is 0.116. The fourth-order valence-electron chi connectivity index (χ4n) is 2.36. The SMILES string of the molecule is CCC(CC)N(CCNCCCN(C)C)CCOC. The first-order valence-electron chi connectivity index (χ1n) is 7.74. The number of methoxy groups -OCH3 is 1. The van der Waals surface area contributed by atoms with Crippen LogP contribution in [0.5, 0.6) is 0 Å². The molecule has 116 valence electrons. The van der Waals surface area contributed by atoms with Gasteiger partial charge in [0.1, 0.15) is 0 Å². The van der Waals surface area contributed by atoms with Crippen molar-refractivity contribution in [3.63, 3.8) is 0 Å². The van der Waals surface area contributed by atoms with Gasteiger partial charge in [0.05, 0.1) is 6.61 Å². The predicted octanol–water partition coefficient (Wildman–Crippen LogP) is 1.66. The molecule has 0 bridgehead atoms. The van der Waals surface area contributed by atoms with E-state index in [0.717, 1.165) is 39.3 Å². The van der Waals surface area contributed by atoms with Crippen molar-refractivity contribution in [2.45, 2.75) is 39.2 Å². The highest BCUT2D eigenvalue weighted by atomic mass is 16.5. The van der Waals surface area contributed by atoms with Crippen LogP contribution >= 0.6 is 0 Å². The summed E-state index contributed by atoms with van der Waals surface area (Å²) >= 11 is 0. The molecule has 0 aromatic carbocycles. The summed E-state index contributed by atoms with van der Waals surface area (Å²) in [4.78, 5) is 4.79. The topological polar surface area (TPSA) is 27.7 Å². The predicted molar refractivity (Wildman–Crippen MR) is 83.9 cm³/mol. The Balaban J connectivity index is 3.78. The first kappa shape index (κ1) is 18.8. The third kappa shape index (κ3) is 10.3. The van der Waals surface area contributed by atoms with E-state index in [1.165, 1.54) is 19.3 Å². The van der Waals surface area contributed by atoms with Crippen LogP contribution in [0.2, 0.25) is 0 Å². The zero-order valence-electron chi connectivity index (χ0n) is 13.7. The van der Waals surface area contributed by atoms with Crippen molar-refractivity contribution in [2.75, 3.05) is 60.5 Å². The fraction of sp³-hybridized carbons (Fsp3) is 1.00. The van der Waals surface area contributed by atoms with Crippen LogP contribution < -0.4 is 5.32 Å². The van der Waals surface area contributed by atoms with E-state index in [-0.39, 0.29) is 0 Å². The van der Waals surface area contributed by atoms with Crippen LogP contribution in [-0.2, 0) is 4.74 Å². The molecule has 0 aromatic heterocycles. The Morgan fingerprint density at radius 2 is 1.68 bits per heavy atom. The van der Waals surface area contributed by atoms with Crippen LogP contribution in [0, 0.1) is 0 Å². The van der Waals surface area contributed by atoms with Crippen molar-refractivity contribution in [2.24, 2.45) is 0 Å². The third-order valence-electron chi connectivity index (χ3n) is 3.58. The smallest absolute Gasteiger partial charge is 0.0589 e. The molecule has 0 fully saturated rings. The van der Waals surface area contributed by atoms with E-state index in [2.05, 4.69) is 43.1 Å². The number of nitrogens with zero attached hydrogens (tertiary/aromatic N) is 2. The van der Waals surface area contributed by atoms with Crippen LogP contribution in [0.15, 0.2) is 0 Å². The normalized spacial score (nSPS) is 12.0. The second kappa shape index (κ2) is 12.9. The van der Waals surface area contributed by atoms with Gasteiger partial charge in [0, 0.05) is 32.8 Å². The zero-order chi connectivity index (χ0) is 14.5. The summed E-state index contributed by atoms with van der Waals surface area (Å²) < 4.78 is 5.22. The summed E-state index contributed by atoms with van der Waals surface area (Å²) in [5.74, 6) is 0. The summed E-state index contributed by atoms with van der Waals surface area (Å²) in [5, 5.41) is 3.54. The van der Waals surface area contributed by atoms with Gasteiger partial charge in [0.25, 0.3) is 0 Å². The van der Waals surface area contributed by atoms with Gasteiger partial charge >= 0.3 is 0 Å². The van der Waals surface area contributed by atoms with Gasteiger partial charge in [-0.3, -0.25) is 4.90 Å². The molecule has 4 heteroatoms. The number of ether oxygens (including phenoxy) is 1. The van der Waals surface area contributed by atoms with Crippen molar-refractivity contribution < 1.29 is 4.74 Å². The fourth-order valence-corrected chi connectivity index (χ4v) is 2.36. The van der Waals surface area contributed by atoms with Crippen LogP contribution in [0.25, 0.3) is 0 Å². The molecular formula is C15H35N3O. The number of rotatable bonds is 13. The Bertz CT molecular complexity index is 184. The lowest BCUT2D eigenvalue weighted by Gasteiger charge is -2.30. The van der Waals surface area contributed by atoms with Gasteiger partial charge in [-0.05, 0) is 46.4 Å². The van der Waals surface area contributed by atoms with Gasteiger partial charge < -0.3 is 15.0 Å². The van der Waals surface area contributed by atoms with Gasteiger partial charge in [-0.25, -0.2) is 0 Å². The van der Waals surface area contributed by atoms with E-state index in [1.807, 2.05) is 0 Å². The number of hydrogen-bond acceptors (Lipinski definition) is 4. The van der Waals surface area contributed by atoms with Gasteiger partial charge in [0.2, 0.25) is 0 Å². The Hall–Kier alpha value is -0.160. The molecule has 1 N–H and O–H groups in total. The second-order valence-electron chi connectivity index (χ2n) is 5.41. The van der Waals surface area contributed by atoms with Crippen molar-refractivity contribution in [1.82, 2.24) is 15.1 Å². The van der Waals surface area contributed by atoms with Gasteiger partial charge in [-0.1, -0.05) is 13.8 Å². The van der Waals surface area contributed by atoms with Crippen molar-refractivity contribution in [1.29, 1.82) is 0 Å². The van der Waals surface area contributed by atoms with Crippen LogP contribution in [0.4, 0.5) is 0 Å². The summed E-state index contributed by atoms with van der Waals surface area (Å²) in [6.07, 6.45) is 3.66. The maximum Gasteiger partial charge on any atom is 0.0589 e. The molecule has 0 unspecified atom stereocenters. The highest BCUT2D eigenvalue weighted by Gasteiger charge is 2.13. The van der Waals surface area contributed by atoms with Crippen LogP contribution in [0.3, 0.4) is 0 Å². The van der Waals surface area contributed by atoms with E-state index in [4.69, 9.17) is 4.74 Å². The molecule has 0 radical (unpaired) electrons. The van der Waals surface area contributed by atoms with E-state index < -0.39 is 0 Å². The van der Waals surface area contributed by atoms with E-state index >= 15 is 0 Å². The molecule has 0 amide bonds. The highest BCUT2D eigenvalue weighted by Crippen LogP contribution is 2.07. The third-order valence-corrected chi connectivity index (χ3v) is 3.58. The number of hydrogen-bond donors (Lipinski definition) is 1. The van der Waals surface area contributed by atoms with Gasteiger partial charge in [-0.15, -0.1) is 0 Å². The Kier molecular flexibility index (Phi) is 12.7. The Morgan fingerprint density at radius 3 is 2.21 bits per heavy atom. The molecule has 0 saturated heterocycles. The van der Waals surface area contributed by atoms with Crippen LogP contribution in [-0.4, -0.2) is 76.4 Å². The standard InChI is InChI=1S/C15H35N3O/c1-6-15(7-2)18(13-14-19-5)12-10-16-9-8-11-17(3)4/h15-16H,6-14H2,1-5H3. The molecule has 0 atom stereocenters. The molecule has 0 aromatic rings. The largest absolute Gasteiger partial charge is 0.383 e. The second-order valence-corrected chi connectivity index (χ2v) is 5.41. The minimum absolute atomic E-state index is 0.693. The lowest BCUT2D eigenvalue weighted by atomic mass is 10.1. The van der Waals surface area contributed by atoms with Crippen molar-refractivity contribution in [3.8, 4) is 0 Å². The minimum Gasteiger partial charge on any atom is -0.383 e. The molecule has 0 spiro atoms. The average molecular weight is 273 g/mol. The van der Waals surface area contributed by atoms with Crippen molar-refractivity contribution in [3.05, 3.63) is 0 Å². The highest BCUT2D eigenvalue weighted by molar-refractivity contribution is 4.70. The van der Waals surface area contributed by atoms with Gasteiger partial charge in [-0.2, -0.15) is 0 Å². The molecule has 0 saturated carbocycles. The lowest BCUT2D eigenvalue weighted by Crippen LogP contribution is -2.41. The maximum absolute atomic E-state index is 5.22.